The van der Waals surface area contributed by atoms with Gasteiger partial charge in [-0.2, -0.15) is 0 Å². The zero-order valence-electron chi connectivity index (χ0n) is 12.8. The van der Waals surface area contributed by atoms with E-state index in [1.54, 1.807) is 0 Å². The molecule has 0 spiro atoms. The second-order valence-electron chi connectivity index (χ2n) is 6.17. The summed E-state index contributed by atoms with van der Waals surface area (Å²) in [6.45, 7) is 7.57. The summed E-state index contributed by atoms with van der Waals surface area (Å²) in [6, 6.07) is 4.14. The van der Waals surface area contributed by atoms with Gasteiger partial charge in [0.2, 0.25) is 0 Å². The van der Waals surface area contributed by atoms with Gasteiger partial charge in [-0.3, -0.25) is 4.79 Å². The van der Waals surface area contributed by atoms with E-state index in [-0.39, 0.29) is 5.91 Å². The number of aryl methyl sites for hydroxylation is 3. The van der Waals surface area contributed by atoms with Gasteiger partial charge in [0, 0.05) is 12.1 Å². The molecule has 1 saturated carbocycles. The van der Waals surface area contributed by atoms with Crippen molar-refractivity contribution < 1.29 is 4.79 Å². The highest BCUT2D eigenvalue weighted by Gasteiger charge is 2.26. The van der Waals surface area contributed by atoms with Crippen molar-refractivity contribution in [2.75, 3.05) is 13.1 Å². The molecule has 3 heteroatoms. The Balaban J connectivity index is 2.02. The monoisotopic (exact) mass is 274 g/mol. The van der Waals surface area contributed by atoms with Crippen LogP contribution >= 0.6 is 0 Å². The molecule has 0 radical (unpaired) electrons. The van der Waals surface area contributed by atoms with E-state index in [1.165, 1.54) is 24.8 Å². The number of rotatable bonds is 4. The molecular formula is C17H26N2O. The van der Waals surface area contributed by atoms with E-state index < -0.39 is 0 Å². The maximum Gasteiger partial charge on any atom is 0.251 e. The van der Waals surface area contributed by atoms with Gasteiger partial charge in [-0.15, -0.1) is 0 Å². The first-order valence-electron chi connectivity index (χ1n) is 7.59. The van der Waals surface area contributed by atoms with E-state index in [0.717, 1.165) is 29.8 Å². The molecule has 1 aromatic carbocycles. The quantitative estimate of drug-likeness (QED) is 0.887. The minimum atomic E-state index is 0.0580. The summed E-state index contributed by atoms with van der Waals surface area (Å²) in [6.07, 6.45) is 3.64. The van der Waals surface area contributed by atoms with Gasteiger partial charge in [-0.25, -0.2) is 0 Å². The lowest BCUT2D eigenvalue weighted by atomic mass is 9.95. The highest BCUT2D eigenvalue weighted by Crippen LogP contribution is 2.30. The van der Waals surface area contributed by atoms with E-state index in [0.29, 0.717) is 11.8 Å². The van der Waals surface area contributed by atoms with Crippen LogP contribution in [0.5, 0.6) is 0 Å². The molecule has 2 atom stereocenters. The average Bonchev–Trinajstić information content (AvgIpc) is 2.82. The van der Waals surface area contributed by atoms with Gasteiger partial charge in [0.1, 0.15) is 0 Å². The van der Waals surface area contributed by atoms with Gasteiger partial charge >= 0.3 is 0 Å². The fourth-order valence-electron chi connectivity index (χ4n) is 3.54. The highest BCUT2D eigenvalue weighted by atomic mass is 16.1. The Labute approximate surface area is 121 Å². The third-order valence-corrected chi connectivity index (χ3v) is 4.55. The van der Waals surface area contributed by atoms with Crippen LogP contribution in [0.4, 0.5) is 0 Å². The Morgan fingerprint density at radius 2 is 1.80 bits per heavy atom. The van der Waals surface area contributed by atoms with Crippen molar-refractivity contribution in [3.63, 3.8) is 0 Å². The molecule has 0 saturated heterocycles. The molecule has 0 aromatic heterocycles. The molecule has 1 amide bonds. The Kier molecular flexibility index (Phi) is 4.81. The normalized spacial score (nSPS) is 22.0. The third-order valence-electron chi connectivity index (χ3n) is 4.55. The molecule has 2 unspecified atom stereocenters. The minimum absolute atomic E-state index is 0.0580. The predicted molar refractivity (Wildman–Crippen MR) is 82.9 cm³/mol. The molecule has 1 aliphatic rings. The number of carbonyl (C=O) groups excluding carboxylic acids is 1. The van der Waals surface area contributed by atoms with Gasteiger partial charge in [-0.1, -0.05) is 24.1 Å². The summed E-state index contributed by atoms with van der Waals surface area (Å²) in [5.74, 6) is 1.19. The maximum atomic E-state index is 12.4. The van der Waals surface area contributed by atoms with Crippen molar-refractivity contribution >= 4 is 5.91 Å². The largest absolute Gasteiger partial charge is 0.352 e. The summed E-state index contributed by atoms with van der Waals surface area (Å²) < 4.78 is 0. The second-order valence-corrected chi connectivity index (χ2v) is 6.17. The van der Waals surface area contributed by atoms with Crippen molar-refractivity contribution in [2.24, 2.45) is 17.6 Å². The molecule has 20 heavy (non-hydrogen) atoms. The van der Waals surface area contributed by atoms with E-state index in [1.807, 2.05) is 13.8 Å². The first kappa shape index (κ1) is 15.0. The SMILES string of the molecule is Cc1cc(C)c(C(=O)NCC2CCCC2CN)c(C)c1. The maximum absolute atomic E-state index is 12.4. The van der Waals surface area contributed by atoms with Crippen molar-refractivity contribution in [3.8, 4) is 0 Å². The van der Waals surface area contributed by atoms with Crippen LogP contribution in [0.3, 0.4) is 0 Å². The zero-order chi connectivity index (χ0) is 14.7. The molecule has 2 rings (SSSR count). The van der Waals surface area contributed by atoms with Crippen molar-refractivity contribution in [2.45, 2.75) is 40.0 Å². The van der Waals surface area contributed by atoms with Crippen LogP contribution in [-0.4, -0.2) is 19.0 Å². The zero-order valence-corrected chi connectivity index (χ0v) is 12.8. The Morgan fingerprint density at radius 3 is 2.40 bits per heavy atom. The highest BCUT2D eigenvalue weighted by molar-refractivity contribution is 5.97. The van der Waals surface area contributed by atoms with E-state index >= 15 is 0 Å². The molecule has 0 heterocycles. The number of benzene rings is 1. The summed E-state index contributed by atoms with van der Waals surface area (Å²) in [4.78, 5) is 12.4. The summed E-state index contributed by atoms with van der Waals surface area (Å²) in [7, 11) is 0. The van der Waals surface area contributed by atoms with Crippen LogP contribution in [0, 0.1) is 32.6 Å². The Hall–Kier alpha value is -1.35. The third kappa shape index (κ3) is 3.21. The average molecular weight is 274 g/mol. The smallest absolute Gasteiger partial charge is 0.251 e. The van der Waals surface area contributed by atoms with Crippen LogP contribution in [0.2, 0.25) is 0 Å². The lowest BCUT2D eigenvalue weighted by Gasteiger charge is -2.19. The standard InChI is InChI=1S/C17H26N2O/c1-11-7-12(2)16(13(3)8-11)17(20)19-10-15-6-4-5-14(15)9-18/h7-8,14-15H,4-6,9-10,18H2,1-3H3,(H,19,20). The van der Waals surface area contributed by atoms with Crippen LogP contribution in [-0.2, 0) is 0 Å². The summed E-state index contributed by atoms with van der Waals surface area (Å²) in [5, 5.41) is 3.11. The molecule has 3 N–H and O–H groups in total. The van der Waals surface area contributed by atoms with Gasteiger partial charge in [0.15, 0.2) is 0 Å². The molecule has 1 aromatic rings. The predicted octanol–water partition coefficient (Wildman–Crippen LogP) is 2.72. The fraction of sp³-hybridized carbons (Fsp3) is 0.588. The second kappa shape index (κ2) is 6.40. The van der Waals surface area contributed by atoms with Crippen LogP contribution < -0.4 is 11.1 Å². The van der Waals surface area contributed by atoms with E-state index in [2.05, 4.69) is 24.4 Å². The number of carbonyl (C=O) groups is 1. The molecule has 3 nitrogen and oxygen atoms in total. The molecule has 110 valence electrons. The number of amides is 1. The van der Waals surface area contributed by atoms with Crippen LogP contribution in [0.1, 0.15) is 46.3 Å². The first-order chi connectivity index (χ1) is 9.52. The van der Waals surface area contributed by atoms with Crippen molar-refractivity contribution in [3.05, 3.63) is 34.4 Å². The Morgan fingerprint density at radius 1 is 1.20 bits per heavy atom. The summed E-state index contributed by atoms with van der Waals surface area (Å²) >= 11 is 0. The van der Waals surface area contributed by atoms with Crippen LogP contribution in [0.25, 0.3) is 0 Å². The Bertz CT molecular complexity index is 473. The summed E-state index contributed by atoms with van der Waals surface area (Å²) in [5.41, 5.74) is 9.94. The first-order valence-corrected chi connectivity index (χ1v) is 7.59. The van der Waals surface area contributed by atoms with Gasteiger partial charge in [-0.05, 0) is 63.1 Å². The van der Waals surface area contributed by atoms with Crippen LogP contribution in [0.15, 0.2) is 12.1 Å². The van der Waals surface area contributed by atoms with Gasteiger partial charge < -0.3 is 11.1 Å². The van der Waals surface area contributed by atoms with E-state index in [4.69, 9.17) is 5.73 Å². The number of nitrogens with two attached hydrogens (primary N) is 1. The molecule has 0 bridgehead atoms. The minimum Gasteiger partial charge on any atom is -0.352 e. The van der Waals surface area contributed by atoms with Gasteiger partial charge in [0.25, 0.3) is 5.91 Å². The number of hydrogen-bond acceptors (Lipinski definition) is 2. The topological polar surface area (TPSA) is 55.1 Å². The molecular weight excluding hydrogens is 248 g/mol. The van der Waals surface area contributed by atoms with E-state index in [9.17, 15) is 4.79 Å². The molecule has 1 aliphatic carbocycles. The lowest BCUT2D eigenvalue weighted by molar-refractivity contribution is 0.0943. The fourth-order valence-corrected chi connectivity index (χ4v) is 3.54. The number of hydrogen-bond donors (Lipinski definition) is 2. The van der Waals surface area contributed by atoms with Crippen molar-refractivity contribution in [1.82, 2.24) is 5.32 Å². The number of nitrogens with one attached hydrogen (secondary N) is 1. The lowest BCUT2D eigenvalue weighted by Crippen LogP contribution is -2.33. The molecule has 1 fully saturated rings. The van der Waals surface area contributed by atoms with Gasteiger partial charge in [0.05, 0.1) is 0 Å². The van der Waals surface area contributed by atoms with Crippen molar-refractivity contribution in [1.29, 1.82) is 0 Å². The molecule has 0 aliphatic heterocycles.